The summed E-state index contributed by atoms with van der Waals surface area (Å²) in [5.41, 5.74) is 3.84. The molecule has 27 heavy (non-hydrogen) atoms. The fraction of sp³-hybridized carbons (Fsp3) is 0.333. The summed E-state index contributed by atoms with van der Waals surface area (Å²) in [6.07, 6.45) is 2.44. The highest BCUT2D eigenvalue weighted by atomic mass is 32.2. The second-order valence-corrected chi connectivity index (χ2v) is 9.22. The van der Waals surface area contributed by atoms with Crippen LogP contribution < -0.4 is 0 Å². The maximum Gasteiger partial charge on any atom is 0.268 e. The van der Waals surface area contributed by atoms with Gasteiger partial charge in [-0.3, -0.25) is 0 Å². The van der Waals surface area contributed by atoms with E-state index in [1.54, 1.807) is 25.4 Å². The summed E-state index contributed by atoms with van der Waals surface area (Å²) in [6, 6.07) is 13.0. The number of hydrogen-bond acceptors (Lipinski definition) is 4. The minimum absolute atomic E-state index is 0.0888. The highest BCUT2D eigenvalue weighted by molar-refractivity contribution is 7.90. The van der Waals surface area contributed by atoms with Crippen molar-refractivity contribution in [2.75, 3.05) is 21.2 Å². The third kappa shape index (κ3) is 2.79. The number of aromatic nitrogens is 1. The first-order valence-electron chi connectivity index (χ1n) is 8.99. The average molecular weight is 385 g/mol. The third-order valence-corrected chi connectivity index (χ3v) is 7.17. The molecule has 0 radical (unpaired) electrons. The van der Waals surface area contributed by atoms with Crippen LogP contribution in [0.4, 0.5) is 0 Å². The van der Waals surface area contributed by atoms with Crippen LogP contribution in [0.3, 0.4) is 0 Å². The van der Waals surface area contributed by atoms with Gasteiger partial charge in [0, 0.05) is 24.7 Å². The molecule has 2 aromatic carbocycles. The van der Waals surface area contributed by atoms with Gasteiger partial charge in [-0.1, -0.05) is 29.8 Å². The molecule has 142 valence electrons. The predicted molar refractivity (Wildman–Crippen MR) is 107 cm³/mol. The summed E-state index contributed by atoms with van der Waals surface area (Å²) in [5, 5.41) is 0.998. The van der Waals surface area contributed by atoms with Crippen molar-refractivity contribution in [1.29, 1.82) is 0 Å². The predicted octanol–water partition coefficient (Wildman–Crippen LogP) is 3.36. The lowest BCUT2D eigenvalue weighted by atomic mass is 9.86. The van der Waals surface area contributed by atoms with Gasteiger partial charge < -0.3 is 9.64 Å². The normalized spacial score (nSPS) is 19.7. The smallest absolute Gasteiger partial charge is 0.268 e. The molecule has 3 aromatic rings. The molecule has 1 aliphatic carbocycles. The summed E-state index contributed by atoms with van der Waals surface area (Å²) in [4.78, 5) is 2.44. The number of hydrogen-bond donors (Lipinski definition) is 0. The van der Waals surface area contributed by atoms with Crippen LogP contribution in [-0.4, -0.2) is 44.5 Å². The van der Waals surface area contributed by atoms with E-state index in [2.05, 4.69) is 4.90 Å². The Morgan fingerprint density at radius 2 is 1.81 bits per heavy atom. The van der Waals surface area contributed by atoms with E-state index in [0.29, 0.717) is 10.4 Å². The van der Waals surface area contributed by atoms with Crippen molar-refractivity contribution in [3.05, 3.63) is 65.4 Å². The standard InChI is InChI=1S/C21H24N2O3S/c1-14-8-10-16(11-9-14)27(24,25)23-13-15-12-19(22(2)3)21(26-4)17-6-5-7-18(23)20(15)17/h5-11,13,19,21H,12H2,1-4H3/t19-,21-/m0/s1. The number of rotatable bonds is 4. The molecule has 0 aliphatic heterocycles. The van der Waals surface area contributed by atoms with E-state index in [-0.39, 0.29) is 12.1 Å². The van der Waals surface area contributed by atoms with Crippen molar-refractivity contribution in [2.45, 2.75) is 30.4 Å². The fourth-order valence-corrected chi connectivity index (χ4v) is 5.44. The Bertz CT molecular complexity index is 1100. The highest BCUT2D eigenvalue weighted by Crippen LogP contribution is 2.40. The third-order valence-electron chi connectivity index (χ3n) is 5.49. The van der Waals surface area contributed by atoms with Crippen LogP contribution >= 0.6 is 0 Å². The van der Waals surface area contributed by atoms with E-state index in [0.717, 1.165) is 28.5 Å². The van der Waals surface area contributed by atoms with Crippen molar-refractivity contribution in [2.24, 2.45) is 0 Å². The molecule has 0 bridgehead atoms. The van der Waals surface area contributed by atoms with E-state index in [1.165, 1.54) is 3.97 Å². The van der Waals surface area contributed by atoms with Gasteiger partial charge in [-0.15, -0.1) is 0 Å². The van der Waals surface area contributed by atoms with Gasteiger partial charge >= 0.3 is 0 Å². The molecule has 0 fully saturated rings. The Labute approximate surface area is 160 Å². The van der Waals surface area contributed by atoms with Gasteiger partial charge in [0.25, 0.3) is 10.0 Å². The van der Waals surface area contributed by atoms with Crippen molar-refractivity contribution in [3.8, 4) is 0 Å². The van der Waals surface area contributed by atoms with E-state index in [9.17, 15) is 8.42 Å². The monoisotopic (exact) mass is 384 g/mol. The molecule has 1 heterocycles. The van der Waals surface area contributed by atoms with Crippen LogP contribution in [0.2, 0.25) is 0 Å². The molecule has 0 saturated carbocycles. The van der Waals surface area contributed by atoms with E-state index >= 15 is 0 Å². The van der Waals surface area contributed by atoms with Gasteiger partial charge in [0.15, 0.2) is 0 Å². The summed E-state index contributed by atoms with van der Waals surface area (Å²) in [7, 11) is 2.11. The molecule has 0 saturated heterocycles. The summed E-state index contributed by atoms with van der Waals surface area (Å²) in [5.74, 6) is 0. The maximum atomic E-state index is 13.3. The molecule has 5 nitrogen and oxygen atoms in total. The minimum atomic E-state index is -3.66. The fourth-order valence-electron chi connectivity index (χ4n) is 4.06. The second-order valence-electron chi connectivity index (χ2n) is 7.40. The average Bonchev–Trinajstić information content (AvgIpc) is 3.03. The Hall–Kier alpha value is -2.15. The molecule has 0 amide bonds. The zero-order valence-electron chi connectivity index (χ0n) is 16.0. The van der Waals surface area contributed by atoms with Crippen LogP contribution in [0.15, 0.2) is 53.6 Å². The van der Waals surface area contributed by atoms with E-state index in [4.69, 9.17) is 4.74 Å². The van der Waals surface area contributed by atoms with Gasteiger partial charge in [-0.05, 0) is 56.8 Å². The topological polar surface area (TPSA) is 51.5 Å². The van der Waals surface area contributed by atoms with E-state index in [1.807, 2.05) is 51.4 Å². The molecule has 4 rings (SSSR count). The number of aryl methyl sites for hydroxylation is 1. The molecule has 6 heteroatoms. The molecule has 0 spiro atoms. The zero-order chi connectivity index (χ0) is 19.3. The number of ether oxygens (including phenoxy) is 1. The number of methoxy groups -OCH3 is 1. The van der Waals surface area contributed by atoms with Crippen molar-refractivity contribution >= 4 is 20.9 Å². The first kappa shape index (κ1) is 18.2. The minimum Gasteiger partial charge on any atom is -0.375 e. The zero-order valence-corrected chi connectivity index (χ0v) is 16.8. The summed E-state index contributed by atoms with van der Waals surface area (Å²) < 4.78 is 33.8. The van der Waals surface area contributed by atoms with Gasteiger partial charge in [0.05, 0.1) is 16.5 Å². The maximum absolute atomic E-state index is 13.3. The molecule has 1 aliphatic rings. The molecule has 2 atom stereocenters. The van der Waals surface area contributed by atoms with Crippen LogP contribution in [0.25, 0.3) is 10.9 Å². The number of benzene rings is 2. The van der Waals surface area contributed by atoms with Crippen molar-refractivity contribution in [3.63, 3.8) is 0 Å². The van der Waals surface area contributed by atoms with Gasteiger partial charge in [0.2, 0.25) is 0 Å². The van der Waals surface area contributed by atoms with Crippen molar-refractivity contribution < 1.29 is 13.2 Å². The second kappa shape index (κ2) is 6.48. The van der Waals surface area contributed by atoms with Gasteiger partial charge in [-0.2, -0.15) is 0 Å². The lowest BCUT2D eigenvalue weighted by molar-refractivity contribution is 0.0299. The quantitative estimate of drug-likeness (QED) is 0.692. The van der Waals surface area contributed by atoms with Crippen molar-refractivity contribution in [1.82, 2.24) is 8.87 Å². The lowest BCUT2D eigenvalue weighted by Gasteiger charge is -2.35. The van der Waals surface area contributed by atoms with Gasteiger partial charge in [0.1, 0.15) is 0 Å². The number of likely N-dealkylation sites (N-methyl/N-ethyl adjacent to an activating group) is 1. The number of nitrogens with zero attached hydrogens (tertiary/aromatic N) is 2. The molecule has 0 N–H and O–H groups in total. The van der Waals surface area contributed by atoms with Crippen LogP contribution in [0.5, 0.6) is 0 Å². The molecular formula is C21H24N2O3S. The molecule has 1 aromatic heterocycles. The van der Waals surface area contributed by atoms with Gasteiger partial charge in [-0.25, -0.2) is 12.4 Å². The lowest BCUT2D eigenvalue weighted by Crippen LogP contribution is -2.38. The molecular weight excluding hydrogens is 360 g/mol. The highest BCUT2D eigenvalue weighted by Gasteiger charge is 2.34. The Morgan fingerprint density at radius 3 is 2.44 bits per heavy atom. The first-order chi connectivity index (χ1) is 12.8. The van der Waals surface area contributed by atoms with Crippen LogP contribution in [0, 0.1) is 6.92 Å². The van der Waals surface area contributed by atoms with Crippen LogP contribution in [0.1, 0.15) is 22.8 Å². The van der Waals surface area contributed by atoms with E-state index < -0.39 is 10.0 Å². The molecule has 0 unspecified atom stereocenters. The Balaban J connectivity index is 1.94. The SMILES string of the molecule is CO[C@H]1c2cccc3c2c(cn3S(=O)(=O)c2ccc(C)cc2)C[C@@H]1N(C)C. The Kier molecular flexibility index (Phi) is 4.37. The summed E-state index contributed by atoms with van der Waals surface area (Å²) in [6.45, 7) is 1.95. The largest absolute Gasteiger partial charge is 0.375 e. The van der Waals surface area contributed by atoms with Crippen LogP contribution in [-0.2, 0) is 21.2 Å². The summed E-state index contributed by atoms with van der Waals surface area (Å²) >= 11 is 0. The Morgan fingerprint density at radius 1 is 1.11 bits per heavy atom. The first-order valence-corrected chi connectivity index (χ1v) is 10.4.